The number of halogens is 4. The zero-order chi connectivity index (χ0) is 25.5. The minimum absolute atomic E-state index is 0.154. The maximum atomic E-state index is 14.8. The highest BCUT2D eigenvalue weighted by atomic mass is 35.5. The van der Waals surface area contributed by atoms with Crippen LogP contribution in [-0.4, -0.2) is 0 Å². The third-order valence-electron chi connectivity index (χ3n) is 7.79. The molecule has 0 spiro atoms. The summed E-state index contributed by atoms with van der Waals surface area (Å²) in [4.78, 5) is 0. The van der Waals surface area contributed by atoms with Gasteiger partial charge < -0.3 is 0 Å². The van der Waals surface area contributed by atoms with Crippen molar-refractivity contribution < 1.29 is 13.2 Å². The second kappa shape index (κ2) is 12.8. The molecular formula is C32H36ClF3. The predicted octanol–water partition coefficient (Wildman–Crippen LogP) is 10.5. The fraction of sp³-hybridized carbons (Fsp3) is 0.438. The molecule has 0 unspecified atom stereocenters. The molecule has 1 aliphatic rings. The number of hydrogen-bond donors (Lipinski definition) is 0. The van der Waals surface area contributed by atoms with Gasteiger partial charge in [-0.2, -0.15) is 0 Å². The van der Waals surface area contributed by atoms with Crippen LogP contribution in [-0.2, 0) is 12.8 Å². The van der Waals surface area contributed by atoms with E-state index in [1.54, 1.807) is 6.07 Å². The smallest absolute Gasteiger partial charge is 0.145 e. The van der Waals surface area contributed by atoms with Gasteiger partial charge in [0.15, 0.2) is 0 Å². The van der Waals surface area contributed by atoms with Crippen molar-refractivity contribution in [1.29, 1.82) is 0 Å². The summed E-state index contributed by atoms with van der Waals surface area (Å²) in [5, 5.41) is -0.569. The van der Waals surface area contributed by atoms with Gasteiger partial charge in [0.2, 0.25) is 0 Å². The zero-order valence-electron chi connectivity index (χ0n) is 21.1. The van der Waals surface area contributed by atoms with Gasteiger partial charge in [0.25, 0.3) is 0 Å². The molecule has 1 aliphatic carbocycles. The van der Waals surface area contributed by atoms with Crippen LogP contribution < -0.4 is 0 Å². The zero-order valence-corrected chi connectivity index (χ0v) is 21.9. The van der Waals surface area contributed by atoms with E-state index in [1.807, 2.05) is 6.07 Å². The molecule has 0 radical (unpaired) electrons. The normalized spacial score (nSPS) is 17.9. The topological polar surface area (TPSA) is 0 Å². The molecule has 0 saturated heterocycles. The maximum Gasteiger partial charge on any atom is 0.145 e. The van der Waals surface area contributed by atoms with E-state index in [4.69, 9.17) is 11.6 Å². The third-order valence-corrected chi connectivity index (χ3v) is 8.15. The molecule has 0 amide bonds. The lowest BCUT2D eigenvalue weighted by atomic mass is 9.76. The quantitative estimate of drug-likeness (QED) is 0.187. The van der Waals surface area contributed by atoms with Crippen molar-refractivity contribution in [2.45, 2.75) is 83.5 Å². The van der Waals surface area contributed by atoms with E-state index in [9.17, 15) is 13.2 Å². The summed E-state index contributed by atoms with van der Waals surface area (Å²) in [5.74, 6) is -0.937. The van der Waals surface area contributed by atoms with Gasteiger partial charge in [0.1, 0.15) is 22.5 Å². The van der Waals surface area contributed by atoms with Gasteiger partial charge in [-0.15, -0.1) is 0 Å². The minimum atomic E-state index is -0.885. The molecule has 0 nitrogen and oxygen atoms in total. The highest BCUT2D eigenvalue weighted by molar-refractivity contribution is 6.31. The Morgan fingerprint density at radius 1 is 0.722 bits per heavy atom. The Bertz CT molecular complexity index is 1110. The van der Waals surface area contributed by atoms with Crippen LogP contribution in [0, 0.1) is 23.4 Å². The van der Waals surface area contributed by atoms with Crippen molar-refractivity contribution >= 4 is 11.6 Å². The van der Waals surface area contributed by atoms with E-state index < -0.39 is 22.5 Å². The number of hydrogen-bond acceptors (Lipinski definition) is 0. The summed E-state index contributed by atoms with van der Waals surface area (Å²) in [6.07, 6.45) is 13.1. The highest BCUT2D eigenvalue weighted by Gasteiger charge is 2.22. The molecule has 36 heavy (non-hydrogen) atoms. The fourth-order valence-corrected chi connectivity index (χ4v) is 5.64. The molecule has 4 heteroatoms. The number of benzene rings is 3. The first-order valence-electron chi connectivity index (χ1n) is 13.5. The second-order valence-corrected chi connectivity index (χ2v) is 10.8. The average molecular weight is 513 g/mol. The van der Waals surface area contributed by atoms with Crippen LogP contribution in [0.1, 0.15) is 87.3 Å². The summed E-state index contributed by atoms with van der Waals surface area (Å²) < 4.78 is 42.3. The van der Waals surface area contributed by atoms with Crippen LogP contribution in [0.3, 0.4) is 0 Å². The molecule has 192 valence electrons. The van der Waals surface area contributed by atoms with E-state index in [2.05, 4.69) is 31.2 Å². The lowest BCUT2D eigenvalue weighted by Crippen LogP contribution is -2.14. The summed E-state index contributed by atoms with van der Waals surface area (Å²) in [6, 6.07) is 16.4. The minimum Gasteiger partial charge on any atom is -0.206 e. The molecule has 1 saturated carbocycles. The van der Waals surface area contributed by atoms with Crippen molar-refractivity contribution in [3.63, 3.8) is 0 Å². The van der Waals surface area contributed by atoms with Gasteiger partial charge >= 0.3 is 0 Å². The van der Waals surface area contributed by atoms with Crippen molar-refractivity contribution in [2.75, 3.05) is 0 Å². The van der Waals surface area contributed by atoms with Crippen LogP contribution in [0.4, 0.5) is 13.2 Å². The van der Waals surface area contributed by atoms with Crippen LogP contribution in [0.2, 0.25) is 5.02 Å². The summed E-state index contributed by atoms with van der Waals surface area (Å²) in [7, 11) is 0. The van der Waals surface area contributed by atoms with Crippen molar-refractivity contribution in [3.8, 4) is 11.1 Å². The van der Waals surface area contributed by atoms with Gasteiger partial charge in [-0.1, -0.05) is 74.2 Å². The van der Waals surface area contributed by atoms with E-state index in [-0.39, 0.29) is 11.1 Å². The molecule has 3 aromatic rings. The van der Waals surface area contributed by atoms with Crippen LogP contribution in [0.5, 0.6) is 0 Å². The molecule has 3 aromatic carbocycles. The van der Waals surface area contributed by atoms with Gasteiger partial charge in [-0.3, -0.25) is 0 Å². The largest absolute Gasteiger partial charge is 0.206 e. The summed E-state index contributed by atoms with van der Waals surface area (Å²) in [6.45, 7) is 2.25. The Hall–Kier alpha value is -2.26. The van der Waals surface area contributed by atoms with E-state index in [0.717, 1.165) is 30.5 Å². The van der Waals surface area contributed by atoms with Gasteiger partial charge in [-0.25, -0.2) is 13.2 Å². The van der Waals surface area contributed by atoms with E-state index >= 15 is 0 Å². The molecule has 4 rings (SSSR count). The Kier molecular flexibility index (Phi) is 9.53. The fourth-order valence-electron chi connectivity index (χ4n) is 5.53. The van der Waals surface area contributed by atoms with Crippen LogP contribution in [0.15, 0.2) is 54.6 Å². The predicted molar refractivity (Wildman–Crippen MR) is 144 cm³/mol. The number of aryl methyl sites for hydroxylation is 2. The van der Waals surface area contributed by atoms with Crippen molar-refractivity contribution in [2.24, 2.45) is 5.92 Å². The molecule has 1 fully saturated rings. The SMILES string of the molecule is CCCCCCc1ccc(C2CCC(CCc3ccc(-c4cc(F)c(Cl)c(F)c4)c(F)c3)CC2)cc1. The Labute approximate surface area is 218 Å². The van der Waals surface area contributed by atoms with E-state index in [0.29, 0.717) is 11.8 Å². The molecule has 0 bridgehead atoms. The van der Waals surface area contributed by atoms with Crippen molar-refractivity contribution in [1.82, 2.24) is 0 Å². The lowest BCUT2D eigenvalue weighted by molar-refractivity contribution is 0.310. The van der Waals surface area contributed by atoms with E-state index in [1.165, 1.54) is 75.0 Å². The number of unbranched alkanes of at least 4 members (excludes halogenated alkanes) is 3. The summed E-state index contributed by atoms with van der Waals surface area (Å²) >= 11 is 5.55. The van der Waals surface area contributed by atoms with Gasteiger partial charge in [0.05, 0.1) is 0 Å². The first-order chi connectivity index (χ1) is 17.4. The first kappa shape index (κ1) is 26.8. The molecule has 0 aromatic heterocycles. The first-order valence-corrected chi connectivity index (χ1v) is 13.8. The Morgan fingerprint density at radius 3 is 2.03 bits per heavy atom. The third kappa shape index (κ3) is 6.94. The number of rotatable bonds is 10. The molecule has 0 atom stereocenters. The average Bonchev–Trinajstić information content (AvgIpc) is 2.89. The molecular weight excluding hydrogens is 477 g/mol. The molecule has 0 aliphatic heterocycles. The Morgan fingerprint density at radius 2 is 1.39 bits per heavy atom. The Balaban J connectivity index is 1.26. The van der Waals surface area contributed by atoms with Crippen LogP contribution in [0.25, 0.3) is 11.1 Å². The monoisotopic (exact) mass is 512 g/mol. The van der Waals surface area contributed by atoms with Crippen molar-refractivity contribution in [3.05, 3.63) is 93.8 Å². The highest BCUT2D eigenvalue weighted by Crippen LogP contribution is 2.38. The van der Waals surface area contributed by atoms with Gasteiger partial charge in [-0.05, 0) is 104 Å². The standard InChI is InChI=1S/C32H36ClF3/c1-2-3-4-5-6-22-9-14-25(15-10-22)26-16-11-23(12-17-26)7-8-24-13-18-28(29(34)19-24)27-20-30(35)32(33)31(36)21-27/h9-10,13-15,18-21,23,26H,2-8,11-12,16-17H2,1H3. The summed E-state index contributed by atoms with van der Waals surface area (Å²) in [5.41, 5.74) is 4.18. The van der Waals surface area contributed by atoms with Crippen LogP contribution >= 0.6 is 11.6 Å². The maximum absolute atomic E-state index is 14.8. The second-order valence-electron chi connectivity index (χ2n) is 10.4. The molecule has 0 heterocycles. The molecule has 0 N–H and O–H groups in total. The van der Waals surface area contributed by atoms with Gasteiger partial charge in [0, 0.05) is 5.56 Å². The lowest BCUT2D eigenvalue weighted by Gasteiger charge is -2.29.